The molecular formula is C12H13N3O3S. The summed E-state index contributed by atoms with van der Waals surface area (Å²) in [7, 11) is 3.17. The van der Waals surface area contributed by atoms with Crippen molar-refractivity contribution in [1.29, 1.82) is 0 Å². The first-order valence-corrected chi connectivity index (χ1v) is 6.47. The van der Waals surface area contributed by atoms with Gasteiger partial charge < -0.3 is 14.8 Å². The maximum atomic E-state index is 11.0. The Labute approximate surface area is 114 Å². The number of hydrogen-bond donors (Lipinski definition) is 1. The van der Waals surface area contributed by atoms with Crippen molar-refractivity contribution in [3.63, 3.8) is 0 Å². The van der Waals surface area contributed by atoms with Crippen molar-refractivity contribution in [2.75, 3.05) is 20.0 Å². The van der Waals surface area contributed by atoms with Crippen LogP contribution in [0.1, 0.15) is 5.56 Å². The number of nitrogens with zero attached hydrogens (tertiary/aromatic N) is 2. The van der Waals surface area contributed by atoms with Crippen molar-refractivity contribution >= 4 is 29.1 Å². The molecule has 0 bridgehead atoms. The van der Waals surface area contributed by atoms with Crippen molar-refractivity contribution in [3.8, 4) is 11.5 Å². The van der Waals surface area contributed by atoms with Gasteiger partial charge in [-0.2, -0.15) is 5.10 Å². The molecule has 1 aromatic carbocycles. The van der Waals surface area contributed by atoms with Gasteiger partial charge in [0.1, 0.15) is 11.5 Å². The van der Waals surface area contributed by atoms with E-state index in [0.29, 0.717) is 22.4 Å². The quantitative estimate of drug-likeness (QED) is 0.665. The first-order chi connectivity index (χ1) is 9.22. The standard InChI is InChI=1S/C12H13N3O3S/c1-17-9-3-4-10(18-2)8(5-9)6-13-15-12-14-11(16)7-19-12/h3-6H,7H2,1-2H3,(H,14,15,16)/b13-6-. The molecule has 1 aromatic rings. The number of amides is 1. The highest BCUT2D eigenvalue weighted by molar-refractivity contribution is 8.15. The molecule has 1 heterocycles. The summed E-state index contributed by atoms with van der Waals surface area (Å²) in [6, 6.07) is 5.39. The predicted octanol–water partition coefficient (Wildman–Crippen LogP) is 1.26. The Bertz CT molecular complexity index is 543. The number of amidine groups is 1. The molecule has 0 saturated carbocycles. The summed E-state index contributed by atoms with van der Waals surface area (Å²) in [6.07, 6.45) is 1.55. The Morgan fingerprint density at radius 3 is 2.84 bits per heavy atom. The van der Waals surface area contributed by atoms with Crippen molar-refractivity contribution in [3.05, 3.63) is 23.8 Å². The summed E-state index contributed by atoms with van der Waals surface area (Å²) in [4.78, 5) is 11.0. The van der Waals surface area contributed by atoms with E-state index in [-0.39, 0.29) is 5.91 Å². The number of carbonyl (C=O) groups is 1. The van der Waals surface area contributed by atoms with Crippen molar-refractivity contribution in [2.24, 2.45) is 10.2 Å². The highest BCUT2D eigenvalue weighted by Crippen LogP contribution is 2.22. The first-order valence-electron chi connectivity index (χ1n) is 5.48. The van der Waals surface area contributed by atoms with Gasteiger partial charge in [-0.15, -0.1) is 5.10 Å². The zero-order valence-electron chi connectivity index (χ0n) is 10.5. The molecule has 1 amide bonds. The maximum absolute atomic E-state index is 11.0. The molecule has 0 radical (unpaired) electrons. The van der Waals surface area contributed by atoms with Gasteiger partial charge in [0.2, 0.25) is 5.91 Å². The third-order valence-corrected chi connectivity index (χ3v) is 3.23. The third-order valence-electron chi connectivity index (χ3n) is 2.37. The minimum Gasteiger partial charge on any atom is -0.497 e. The molecule has 0 spiro atoms. The summed E-state index contributed by atoms with van der Waals surface area (Å²) in [5, 5.41) is 11.0. The molecule has 1 saturated heterocycles. The average molecular weight is 279 g/mol. The molecule has 0 atom stereocenters. The first kappa shape index (κ1) is 13.4. The lowest BCUT2D eigenvalue weighted by Gasteiger charge is -2.06. The monoisotopic (exact) mass is 279 g/mol. The highest BCUT2D eigenvalue weighted by Gasteiger charge is 2.15. The topological polar surface area (TPSA) is 72.3 Å². The van der Waals surface area contributed by atoms with Gasteiger partial charge in [0.15, 0.2) is 5.17 Å². The van der Waals surface area contributed by atoms with Crippen molar-refractivity contribution in [1.82, 2.24) is 5.32 Å². The van der Waals surface area contributed by atoms with Gasteiger partial charge >= 0.3 is 0 Å². The molecule has 19 heavy (non-hydrogen) atoms. The minimum atomic E-state index is -0.0575. The van der Waals surface area contributed by atoms with E-state index in [1.54, 1.807) is 38.6 Å². The lowest BCUT2D eigenvalue weighted by atomic mass is 10.2. The van der Waals surface area contributed by atoms with E-state index in [1.165, 1.54) is 11.8 Å². The van der Waals surface area contributed by atoms with Crippen LogP contribution in [-0.2, 0) is 4.79 Å². The van der Waals surface area contributed by atoms with E-state index in [9.17, 15) is 4.79 Å². The number of ether oxygens (including phenoxy) is 2. The zero-order valence-corrected chi connectivity index (χ0v) is 11.4. The lowest BCUT2D eigenvalue weighted by molar-refractivity contribution is -0.116. The molecule has 0 aromatic heterocycles. The van der Waals surface area contributed by atoms with Crippen LogP contribution in [0, 0.1) is 0 Å². The fraction of sp³-hybridized carbons (Fsp3) is 0.250. The smallest absolute Gasteiger partial charge is 0.236 e. The highest BCUT2D eigenvalue weighted by atomic mass is 32.2. The second kappa shape index (κ2) is 6.24. The molecule has 0 unspecified atom stereocenters. The number of rotatable bonds is 4. The van der Waals surface area contributed by atoms with Crippen LogP contribution >= 0.6 is 11.8 Å². The minimum absolute atomic E-state index is 0.0575. The van der Waals surface area contributed by atoms with Crippen LogP contribution < -0.4 is 14.8 Å². The number of benzene rings is 1. The predicted molar refractivity (Wildman–Crippen MR) is 75.2 cm³/mol. The van der Waals surface area contributed by atoms with Crippen LogP contribution in [0.25, 0.3) is 0 Å². The molecule has 1 aliphatic heterocycles. The van der Waals surface area contributed by atoms with Gasteiger partial charge in [0, 0.05) is 5.56 Å². The molecule has 2 rings (SSSR count). The second-order valence-electron chi connectivity index (χ2n) is 3.59. The van der Waals surface area contributed by atoms with E-state index in [4.69, 9.17) is 9.47 Å². The number of methoxy groups -OCH3 is 2. The van der Waals surface area contributed by atoms with Crippen molar-refractivity contribution < 1.29 is 14.3 Å². The summed E-state index contributed by atoms with van der Waals surface area (Å²) in [5.74, 6) is 1.71. The Kier molecular flexibility index (Phi) is 4.40. The molecule has 1 fully saturated rings. The van der Waals surface area contributed by atoms with Crippen LogP contribution in [0.15, 0.2) is 28.4 Å². The fourth-order valence-corrected chi connectivity index (χ4v) is 2.09. The molecule has 7 heteroatoms. The van der Waals surface area contributed by atoms with Gasteiger partial charge in [-0.1, -0.05) is 11.8 Å². The molecule has 1 aliphatic rings. The van der Waals surface area contributed by atoms with E-state index in [2.05, 4.69) is 15.5 Å². The van der Waals surface area contributed by atoms with E-state index < -0.39 is 0 Å². The molecular weight excluding hydrogens is 266 g/mol. The number of carbonyl (C=O) groups excluding carboxylic acids is 1. The van der Waals surface area contributed by atoms with Gasteiger partial charge in [-0.3, -0.25) is 4.79 Å². The third kappa shape index (κ3) is 3.47. The zero-order chi connectivity index (χ0) is 13.7. The van der Waals surface area contributed by atoms with Gasteiger partial charge in [-0.05, 0) is 18.2 Å². The van der Waals surface area contributed by atoms with E-state index in [1.807, 2.05) is 0 Å². The average Bonchev–Trinajstić information content (AvgIpc) is 2.84. The van der Waals surface area contributed by atoms with Crippen molar-refractivity contribution in [2.45, 2.75) is 0 Å². The fourth-order valence-electron chi connectivity index (χ4n) is 1.46. The normalized spacial score (nSPS) is 16.9. The number of hydrogen-bond acceptors (Lipinski definition) is 6. The number of thioether (sulfide) groups is 1. The molecule has 100 valence electrons. The van der Waals surface area contributed by atoms with Crippen LogP contribution in [0.2, 0.25) is 0 Å². The van der Waals surface area contributed by atoms with E-state index >= 15 is 0 Å². The molecule has 6 nitrogen and oxygen atoms in total. The van der Waals surface area contributed by atoms with Crippen LogP contribution in [0.3, 0.4) is 0 Å². The van der Waals surface area contributed by atoms with E-state index in [0.717, 1.165) is 5.56 Å². The lowest BCUT2D eigenvalue weighted by Crippen LogP contribution is -2.19. The summed E-state index contributed by atoms with van der Waals surface area (Å²) < 4.78 is 10.3. The Hall–Kier alpha value is -2.02. The van der Waals surface area contributed by atoms with Gasteiger partial charge in [-0.25, -0.2) is 0 Å². The molecule has 1 N–H and O–H groups in total. The SMILES string of the molecule is COc1ccc(OC)c(/C=N\N=C2\NC(=O)CS2)c1. The van der Waals surface area contributed by atoms with Crippen LogP contribution in [0.4, 0.5) is 0 Å². The van der Waals surface area contributed by atoms with Gasteiger partial charge in [0.05, 0.1) is 26.2 Å². The van der Waals surface area contributed by atoms with Crippen LogP contribution in [-0.4, -0.2) is 37.3 Å². The Morgan fingerprint density at radius 2 is 2.21 bits per heavy atom. The second-order valence-corrected chi connectivity index (χ2v) is 4.56. The Balaban J connectivity index is 2.15. The summed E-state index contributed by atoms with van der Waals surface area (Å²) in [6.45, 7) is 0. The van der Waals surface area contributed by atoms with Gasteiger partial charge in [0.25, 0.3) is 0 Å². The summed E-state index contributed by atoms with van der Waals surface area (Å²) >= 11 is 1.32. The summed E-state index contributed by atoms with van der Waals surface area (Å²) in [5.41, 5.74) is 0.750. The number of nitrogens with one attached hydrogen (secondary N) is 1. The maximum Gasteiger partial charge on any atom is 0.236 e. The van der Waals surface area contributed by atoms with Crippen LogP contribution in [0.5, 0.6) is 11.5 Å². The molecule has 0 aliphatic carbocycles. The Morgan fingerprint density at radius 1 is 1.37 bits per heavy atom. The largest absolute Gasteiger partial charge is 0.497 e.